The standard InChI is InChI=1S/C9H17N3O.C7H5N3O/c1-11-5-7-12(8-6-11)4-2-3-9(10)13;8-10-9-7(11)6-4-2-1-3-5-6/h2-3H,4-8H2,1H3,(H2,10,13);1-5H/b3-2+;. The van der Waals surface area contributed by atoms with E-state index < -0.39 is 5.91 Å². The van der Waals surface area contributed by atoms with Gasteiger partial charge in [-0.25, -0.2) is 0 Å². The number of benzene rings is 1. The van der Waals surface area contributed by atoms with Crippen LogP contribution in [0, 0.1) is 0 Å². The molecule has 2 N–H and O–H groups in total. The zero-order valence-electron chi connectivity index (χ0n) is 13.7. The highest BCUT2D eigenvalue weighted by Gasteiger charge is 2.11. The molecule has 0 saturated carbocycles. The molecule has 1 aromatic carbocycles. The Morgan fingerprint density at radius 3 is 2.42 bits per heavy atom. The summed E-state index contributed by atoms with van der Waals surface area (Å²) in [6, 6.07) is 8.39. The van der Waals surface area contributed by atoms with E-state index in [-0.39, 0.29) is 5.91 Å². The molecule has 1 aliphatic rings. The van der Waals surface area contributed by atoms with Gasteiger partial charge in [0.1, 0.15) is 0 Å². The van der Waals surface area contributed by atoms with Crippen molar-refractivity contribution in [2.75, 3.05) is 39.8 Å². The van der Waals surface area contributed by atoms with Crippen LogP contribution in [0.5, 0.6) is 0 Å². The van der Waals surface area contributed by atoms with Crippen molar-refractivity contribution in [3.63, 3.8) is 0 Å². The van der Waals surface area contributed by atoms with Crippen molar-refractivity contribution in [1.29, 1.82) is 0 Å². The summed E-state index contributed by atoms with van der Waals surface area (Å²) in [5.74, 6) is -0.915. The lowest BCUT2D eigenvalue weighted by Crippen LogP contribution is -2.44. The summed E-state index contributed by atoms with van der Waals surface area (Å²) in [6.45, 7) is 5.17. The second kappa shape index (κ2) is 11.0. The van der Waals surface area contributed by atoms with Crippen LogP contribution in [0.25, 0.3) is 10.4 Å². The molecule has 1 aliphatic heterocycles. The number of nitrogens with two attached hydrogens (primary N) is 1. The van der Waals surface area contributed by atoms with Crippen molar-refractivity contribution in [3.05, 3.63) is 58.5 Å². The molecule has 24 heavy (non-hydrogen) atoms. The maximum Gasteiger partial charge on any atom is 0.249 e. The molecule has 1 fully saturated rings. The lowest BCUT2D eigenvalue weighted by atomic mass is 10.2. The Labute approximate surface area is 141 Å². The maximum atomic E-state index is 10.8. The van der Waals surface area contributed by atoms with Gasteiger partial charge >= 0.3 is 0 Å². The maximum absolute atomic E-state index is 10.8. The topological polar surface area (TPSA) is 115 Å². The van der Waals surface area contributed by atoms with E-state index in [0.29, 0.717) is 5.56 Å². The molecule has 8 heteroatoms. The molecule has 1 heterocycles. The number of nitrogens with zero attached hydrogens (tertiary/aromatic N) is 5. The molecular weight excluding hydrogens is 308 g/mol. The van der Waals surface area contributed by atoms with Gasteiger partial charge in [-0.1, -0.05) is 36.4 Å². The minimum atomic E-state index is -0.548. The van der Waals surface area contributed by atoms with Crippen molar-refractivity contribution >= 4 is 11.8 Å². The van der Waals surface area contributed by atoms with Crippen LogP contribution >= 0.6 is 0 Å². The van der Waals surface area contributed by atoms with E-state index in [1.807, 2.05) is 6.08 Å². The molecule has 0 spiro atoms. The van der Waals surface area contributed by atoms with Crippen molar-refractivity contribution in [3.8, 4) is 0 Å². The van der Waals surface area contributed by atoms with Crippen molar-refractivity contribution in [1.82, 2.24) is 9.80 Å². The van der Waals surface area contributed by atoms with Gasteiger partial charge in [-0.05, 0) is 23.8 Å². The molecule has 2 amide bonds. The number of primary amides is 1. The van der Waals surface area contributed by atoms with Crippen LogP contribution < -0.4 is 5.73 Å². The predicted octanol–water partition coefficient (Wildman–Crippen LogP) is 1.41. The Morgan fingerprint density at radius 2 is 1.88 bits per heavy atom. The zero-order valence-corrected chi connectivity index (χ0v) is 13.7. The second-order valence-corrected chi connectivity index (χ2v) is 5.27. The zero-order chi connectivity index (χ0) is 17.8. The van der Waals surface area contributed by atoms with Gasteiger partial charge in [0, 0.05) is 43.2 Å². The van der Waals surface area contributed by atoms with E-state index in [1.54, 1.807) is 30.3 Å². The van der Waals surface area contributed by atoms with E-state index in [2.05, 4.69) is 26.9 Å². The van der Waals surface area contributed by atoms with E-state index in [9.17, 15) is 9.59 Å². The van der Waals surface area contributed by atoms with Gasteiger partial charge < -0.3 is 10.6 Å². The number of azide groups is 1. The number of rotatable bonds is 4. The highest BCUT2D eigenvalue weighted by Crippen LogP contribution is 2.00. The average molecular weight is 330 g/mol. The smallest absolute Gasteiger partial charge is 0.249 e. The first-order valence-electron chi connectivity index (χ1n) is 7.54. The summed E-state index contributed by atoms with van der Waals surface area (Å²) in [5.41, 5.74) is 13.3. The van der Waals surface area contributed by atoms with Crippen molar-refractivity contribution in [2.45, 2.75) is 0 Å². The van der Waals surface area contributed by atoms with Crippen LogP contribution in [-0.2, 0) is 4.79 Å². The normalized spacial score (nSPS) is 15.2. The summed E-state index contributed by atoms with van der Waals surface area (Å²) in [4.78, 5) is 28.2. The van der Waals surface area contributed by atoms with Crippen molar-refractivity contribution in [2.24, 2.45) is 10.8 Å². The van der Waals surface area contributed by atoms with E-state index in [4.69, 9.17) is 11.3 Å². The molecule has 1 saturated heterocycles. The summed E-state index contributed by atoms with van der Waals surface area (Å²) < 4.78 is 0. The van der Waals surface area contributed by atoms with Gasteiger partial charge in [0.25, 0.3) is 0 Å². The highest BCUT2D eigenvalue weighted by atomic mass is 16.2. The van der Waals surface area contributed by atoms with E-state index in [1.165, 1.54) is 6.08 Å². The van der Waals surface area contributed by atoms with Gasteiger partial charge in [-0.2, -0.15) is 0 Å². The Balaban J connectivity index is 0.000000243. The molecule has 2 rings (SSSR count). The first-order valence-corrected chi connectivity index (χ1v) is 7.54. The summed E-state index contributed by atoms with van der Waals surface area (Å²) in [7, 11) is 2.12. The number of likely N-dealkylation sites (N-methyl/N-ethyl adjacent to an activating group) is 1. The fraction of sp³-hybridized carbons (Fsp3) is 0.375. The van der Waals surface area contributed by atoms with Gasteiger partial charge in [0.15, 0.2) is 0 Å². The third-order valence-corrected chi connectivity index (χ3v) is 3.40. The largest absolute Gasteiger partial charge is 0.366 e. The number of hydrogen-bond donors (Lipinski definition) is 1. The Kier molecular flexibility index (Phi) is 8.85. The first-order chi connectivity index (χ1) is 11.5. The number of piperazine rings is 1. The summed E-state index contributed by atoms with van der Waals surface area (Å²) in [6.07, 6.45) is 3.26. The Hall–Kier alpha value is -2.67. The Bertz CT molecular complexity index is 602. The molecule has 0 unspecified atom stereocenters. The first kappa shape index (κ1) is 19.4. The monoisotopic (exact) mass is 330 g/mol. The van der Waals surface area contributed by atoms with Gasteiger partial charge in [0.2, 0.25) is 11.8 Å². The van der Waals surface area contributed by atoms with Crippen molar-refractivity contribution < 1.29 is 9.59 Å². The molecule has 128 valence electrons. The number of carbonyl (C=O) groups excluding carboxylic acids is 2. The minimum absolute atomic E-state index is 0.367. The molecule has 1 aromatic rings. The van der Waals surface area contributed by atoms with Crippen LogP contribution in [0.2, 0.25) is 0 Å². The Morgan fingerprint density at radius 1 is 1.25 bits per heavy atom. The lowest BCUT2D eigenvalue weighted by molar-refractivity contribution is -0.113. The third-order valence-electron chi connectivity index (χ3n) is 3.40. The van der Waals surface area contributed by atoms with Gasteiger partial charge in [0.05, 0.1) is 0 Å². The minimum Gasteiger partial charge on any atom is -0.366 e. The molecule has 0 bridgehead atoms. The molecular formula is C16H22N6O2. The van der Waals surface area contributed by atoms with Gasteiger partial charge in [-0.3, -0.25) is 14.5 Å². The molecule has 0 aromatic heterocycles. The number of amides is 2. The quantitative estimate of drug-likeness (QED) is 0.389. The fourth-order valence-electron chi connectivity index (χ4n) is 2.03. The third kappa shape index (κ3) is 8.09. The number of hydrogen-bond acceptors (Lipinski definition) is 4. The summed E-state index contributed by atoms with van der Waals surface area (Å²) >= 11 is 0. The molecule has 8 nitrogen and oxygen atoms in total. The lowest BCUT2D eigenvalue weighted by Gasteiger charge is -2.31. The highest BCUT2D eigenvalue weighted by molar-refractivity contribution is 5.94. The molecule has 0 atom stereocenters. The van der Waals surface area contributed by atoms with Crippen LogP contribution in [0.15, 0.2) is 47.6 Å². The van der Waals surface area contributed by atoms with Gasteiger partial charge in [-0.15, -0.1) is 0 Å². The molecule has 0 aliphatic carbocycles. The number of carbonyl (C=O) groups is 2. The second-order valence-electron chi connectivity index (χ2n) is 5.27. The summed E-state index contributed by atoms with van der Waals surface area (Å²) in [5, 5.41) is 2.94. The van der Waals surface area contributed by atoms with E-state index >= 15 is 0 Å². The van der Waals surface area contributed by atoms with Crippen LogP contribution in [-0.4, -0.2) is 61.4 Å². The SMILES string of the molecule is CN1CCN(C/C=C/C(N)=O)CC1.[N-]=[N+]=NC(=O)c1ccccc1. The van der Waals surface area contributed by atoms with E-state index in [0.717, 1.165) is 32.7 Å². The average Bonchev–Trinajstić information content (AvgIpc) is 2.58. The van der Waals surface area contributed by atoms with Crippen LogP contribution in [0.3, 0.4) is 0 Å². The van der Waals surface area contributed by atoms with Crippen LogP contribution in [0.4, 0.5) is 0 Å². The van der Waals surface area contributed by atoms with Crippen LogP contribution in [0.1, 0.15) is 10.4 Å². The predicted molar refractivity (Wildman–Crippen MR) is 92.2 cm³/mol. The molecule has 0 radical (unpaired) electrons. The fourth-order valence-corrected chi connectivity index (χ4v) is 2.03.